The average Bonchev–Trinajstić information content (AvgIpc) is 0.741. The number of carbonyl (C=O) groups is 3. The Morgan fingerprint density at radius 3 is 1.43 bits per heavy atom. The van der Waals surface area contributed by atoms with Gasteiger partial charge in [0.2, 0.25) is 0 Å². The average molecular weight is 1560 g/mol. The van der Waals surface area contributed by atoms with Crippen LogP contribution in [-0.4, -0.2) is 134 Å². The number of nitrogens with zero attached hydrogens (tertiary/aromatic N) is 5. The number of ether oxygens (including phenoxy) is 2. The van der Waals surface area contributed by atoms with Gasteiger partial charge in [-0.05, 0) is 163 Å². The number of nitrogens with two attached hydrogens (primary N) is 1. The second-order valence-electron chi connectivity index (χ2n) is 23.3. The van der Waals surface area contributed by atoms with Gasteiger partial charge in [0.25, 0.3) is 11.4 Å². The van der Waals surface area contributed by atoms with Crippen molar-refractivity contribution in [1.82, 2.24) is 9.80 Å². The zero-order chi connectivity index (χ0) is 72.8. The van der Waals surface area contributed by atoms with Gasteiger partial charge in [-0.3, -0.25) is 25.0 Å². The van der Waals surface area contributed by atoms with Crippen LogP contribution in [0.2, 0.25) is 0 Å². The molecule has 4 aliphatic rings. The number of sulfonamides is 2. The van der Waals surface area contributed by atoms with Crippen LogP contribution in [0.3, 0.4) is 0 Å². The maximum Gasteiger partial charge on any atom is 0.534 e. The molecule has 24 nitrogen and oxygen atoms in total. The van der Waals surface area contributed by atoms with Crippen molar-refractivity contribution in [2.75, 3.05) is 35.6 Å². The molecule has 0 spiro atoms. The van der Waals surface area contributed by atoms with Crippen LogP contribution in [0, 0.1) is 20.2 Å². The molecule has 0 bridgehead atoms. The van der Waals surface area contributed by atoms with Gasteiger partial charge >= 0.3 is 66.0 Å². The van der Waals surface area contributed by atoms with Crippen molar-refractivity contribution in [2.45, 2.75) is 160 Å². The summed E-state index contributed by atoms with van der Waals surface area (Å²) in [6.45, 7) is 13.8. The predicted octanol–water partition coefficient (Wildman–Crippen LogP) is 13.2. The van der Waals surface area contributed by atoms with E-state index in [2.05, 4.69) is 16.3 Å². The number of nitrogen functional groups attached to an aromatic ring is 1. The number of Topliss-reactive ketones (excluding diaryl/α,β-unsaturated/α-hetero) is 1. The van der Waals surface area contributed by atoms with Crippen LogP contribution >= 0.6 is 0 Å². The smallest absolute Gasteiger partial charge is 0.444 e. The largest absolute Gasteiger partial charge is 0.534 e. The molecule has 8 rings (SSSR count). The molecule has 98 heavy (non-hydrogen) atoms. The molecule has 0 radical (unpaired) electrons. The van der Waals surface area contributed by atoms with Gasteiger partial charge in [0.15, 0.2) is 0 Å². The van der Waals surface area contributed by atoms with Crippen LogP contribution in [-0.2, 0) is 69.0 Å². The molecule has 2 heterocycles. The van der Waals surface area contributed by atoms with E-state index in [1.165, 1.54) is 54.5 Å². The second-order valence-corrected chi connectivity index (χ2v) is 28.6. The fraction of sp³-hybridized carbons (Fsp3) is 0.483. The van der Waals surface area contributed by atoms with Gasteiger partial charge in [0.05, 0.1) is 15.5 Å². The Morgan fingerprint density at radius 1 is 0.612 bits per heavy atom. The third-order valence-electron chi connectivity index (χ3n) is 13.4. The maximum atomic E-state index is 12.4. The Kier molecular flexibility index (Phi) is 34.6. The number of nitro groups is 2. The Bertz CT molecular complexity index is 3610. The number of alkyl halides is 9. The molecule has 2 amide bonds. The van der Waals surface area contributed by atoms with Crippen molar-refractivity contribution in [1.29, 1.82) is 0 Å². The van der Waals surface area contributed by atoms with Gasteiger partial charge in [-0.2, -0.15) is 64.8 Å². The first kappa shape index (κ1) is 88.6. The van der Waals surface area contributed by atoms with Gasteiger partial charge in [0, 0.05) is 97.2 Å². The first-order chi connectivity index (χ1) is 44.2. The maximum absolute atomic E-state index is 12.4. The molecule has 552 valence electrons. The Balaban J connectivity index is 0.00000119. The van der Waals surface area contributed by atoms with Crippen molar-refractivity contribution in [3.8, 4) is 0 Å². The first-order valence-corrected chi connectivity index (χ1v) is 33.5. The molecule has 2 aliphatic carbocycles. The van der Waals surface area contributed by atoms with E-state index in [0.29, 0.717) is 56.2 Å². The molecule has 1 saturated carbocycles. The molecule has 2 fully saturated rings. The third kappa shape index (κ3) is 29.2. The van der Waals surface area contributed by atoms with Gasteiger partial charge in [0.1, 0.15) is 22.7 Å². The molecule has 0 aromatic heterocycles. The van der Waals surface area contributed by atoms with E-state index >= 15 is 0 Å². The summed E-state index contributed by atoms with van der Waals surface area (Å²) in [5.74, 6) is 0.870. The van der Waals surface area contributed by atoms with Crippen molar-refractivity contribution < 1.29 is 135 Å². The van der Waals surface area contributed by atoms with Crippen molar-refractivity contribution in [2.24, 2.45) is 0 Å². The molecule has 0 unspecified atom stereocenters. The first-order valence-electron chi connectivity index (χ1n) is 29.2. The molecule has 4 aromatic rings. The number of hydrogen-bond acceptors (Lipinski definition) is 19. The Morgan fingerprint density at radius 2 is 1.06 bits per heavy atom. The van der Waals surface area contributed by atoms with E-state index in [4.69, 9.17) is 25.3 Å². The van der Waals surface area contributed by atoms with Crippen LogP contribution in [0.25, 0.3) is 5.57 Å². The minimum Gasteiger partial charge on any atom is -0.444 e. The summed E-state index contributed by atoms with van der Waals surface area (Å²) in [4.78, 5) is 57.7. The van der Waals surface area contributed by atoms with E-state index < -0.39 is 84.3 Å². The number of halogens is 9. The van der Waals surface area contributed by atoms with E-state index in [9.17, 15) is 99.4 Å². The number of nitro benzene ring substituents is 2. The minimum atomic E-state index is -6.81. The van der Waals surface area contributed by atoms with Crippen LogP contribution < -0.4 is 14.9 Å². The van der Waals surface area contributed by atoms with Crippen LogP contribution in [0.4, 0.5) is 71.9 Å². The summed E-state index contributed by atoms with van der Waals surface area (Å²) in [6, 6.07) is 23.4. The molecule has 1 saturated heterocycles. The number of allylic oxidation sites excluding steroid dienone is 2. The van der Waals surface area contributed by atoms with E-state index in [1.54, 1.807) is 21.9 Å². The molecular formula is C60H80BF9N6O18PdS3. The van der Waals surface area contributed by atoms with Gasteiger partial charge < -0.3 is 39.2 Å². The van der Waals surface area contributed by atoms with Crippen molar-refractivity contribution >= 4 is 89.0 Å². The quantitative estimate of drug-likeness (QED) is 0.0252. The SMILES string of the molecule is C.CC(C)(C)OC(=O)N1CC=C(c2ccc([N+](=O)[O-])cc2)CC1.CC(C)(C)OC(=O)N1CCC(c2ccc(N)cc2)CC1.O=C1CCCCC1.O=S(=O)(N(c1ccccc1)S(=O)(=O)C(F)(F)F)C(F)(F)F.O=S(=O)(OC1=CCCCC1)C(F)(F)F.O=[N+]([O-])c1ccc(B(O)O)cc1.[HH].[Pd]. The van der Waals surface area contributed by atoms with Crippen molar-refractivity contribution in [3.63, 3.8) is 0 Å². The molecule has 2 aliphatic heterocycles. The number of likely N-dealkylation sites (tertiary alicyclic amines) is 1. The Hall–Kier alpha value is -7.36. The third-order valence-corrected chi connectivity index (χ3v) is 18.1. The summed E-state index contributed by atoms with van der Waals surface area (Å²) in [5.41, 5.74) is -9.95. The number of carbonyl (C=O) groups excluding carboxylic acids is 3. The summed E-state index contributed by atoms with van der Waals surface area (Å²) in [6.07, 6.45) is 13.0. The molecule has 4 N–H and O–H groups in total. The monoisotopic (exact) mass is 1560 g/mol. The zero-order valence-electron chi connectivity index (χ0n) is 53.1. The van der Waals surface area contributed by atoms with Gasteiger partial charge in [-0.1, -0.05) is 62.4 Å². The number of anilines is 2. The topological polar surface area (TPSA) is 344 Å². The van der Waals surface area contributed by atoms with Crippen LogP contribution in [0.15, 0.2) is 121 Å². The zero-order valence-corrected chi connectivity index (χ0v) is 57.1. The standard InChI is InChI=1S/C16H20N2O4.C16H24N2O2.C8H5F6NO4S2.C7H9F3O3S.C6H6BNO4.C6H10O.CH4.Pd.H2/c1-16(2,3)22-15(19)17-10-8-13(9-11-17)12-4-6-14(7-5-12)18(20)21;1-16(2,3)20-15(19)18-10-8-13(9-11-18)12-4-6-14(17)7-5-12;9-7(10,11)20(16,17)15(6-4-2-1-3-5-6)21(18,19)8(12,13)14;8-7(9,10)14(11,12)13-6-4-2-1-3-5-6;9-7(10)5-1-3-6(4-2-5)8(11)12;7-6-4-2-1-3-5-6;;;/h4-8H,9-11H2,1-3H3;4-7,13H,8-11,17H2,1-3H3;1-5H;4H,1-3,5H2;1-4,9-10H;1-5H2;1H4;;1H. The minimum absolute atomic E-state index is 0. The van der Waals surface area contributed by atoms with E-state index in [-0.39, 0.29) is 70.5 Å². The molecule has 38 heteroatoms. The molecule has 0 atom stereocenters. The van der Waals surface area contributed by atoms with Crippen molar-refractivity contribution in [3.05, 3.63) is 152 Å². The number of amides is 2. The van der Waals surface area contributed by atoms with Crippen LogP contribution in [0.1, 0.15) is 144 Å². The number of non-ortho nitro benzene ring substituents is 2. The number of ketones is 1. The van der Waals surface area contributed by atoms with Gasteiger partial charge in [-0.15, -0.1) is 3.71 Å². The molecular weight excluding hydrogens is 1480 g/mol. The Labute approximate surface area is 578 Å². The van der Waals surface area contributed by atoms with Crippen LogP contribution in [0.5, 0.6) is 0 Å². The fourth-order valence-electron chi connectivity index (χ4n) is 8.64. The normalized spacial score (nSPS) is 15.4. The predicted molar refractivity (Wildman–Crippen MR) is 345 cm³/mol. The summed E-state index contributed by atoms with van der Waals surface area (Å²) >= 11 is 0. The molecule has 4 aromatic carbocycles. The number of hydrogen-bond donors (Lipinski definition) is 3. The summed E-state index contributed by atoms with van der Waals surface area (Å²) < 4.78 is 189. The number of benzene rings is 4. The second kappa shape index (κ2) is 38.3. The number of para-hydroxylation sites is 1. The number of piperidine rings is 1. The van der Waals surface area contributed by atoms with E-state index in [1.807, 2.05) is 59.8 Å². The van der Waals surface area contributed by atoms with Gasteiger partial charge in [-0.25, -0.2) is 9.59 Å². The summed E-state index contributed by atoms with van der Waals surface area (Å²) in [5, 5.41) is 38.1. The van der Waals surface area contributed by atoms with E-state index in [0.717, 1.165) is 93.1 Å². The summed E-state index contributed by atoms with van der Waals surface area (Å²) in [7, 11) is -20.7. The number of rotatable bonds is 10. The fourth-order valence-corrected chi connectivity index (χ4v) is 11.9.